The van der Waals surface area contributed by atoms with Gasteiger partial charge in [-0.05, 0) is 0 Å². The molecule has 204 valence electrons. The van der Waals surface area contributed by atoms with E-state index in [0.717, 1.165) is 0 Å². The van der Waals surface area contributed by atoms with Crippen LogP contribution in [0.1, 0.15) is 32.1 Å². The molecule has 4 aromatic heterocycles. The highest BCUT2D eigenvalue weighted by Gasteiger charge is 2.14. The van der Waals surface area contributed by atoms with Crippen molar-refractivity contribution >= 4 is 57.9 Å². The molecule has 0 aliphatic carbocycles. The standard InChI is InChI=1S/C20H20N10O9/c31-9(1-2-11(33)38-29-19-25-15-13(17(35)27-19)21-7-23-15)5-6-37-10(32)3-4-12(34)39-30-20-26-16-14(18(36)28-20)22-8-24-16/h7-8H,1-6H2,(H3,21,23,25,27,29,35)(H3,22,24,26,28,30,36). The van der Waals surface area contributed by atoms with E-state index >= 15 is 0 Å². The number of anilines is 2. The van der Waals surface area contributed by atoms with Gasteiger partial charge in [-0.1, -0.05) is 0 Å². The van der Waals surface area contributed by atoms with Gasteiger partial charge in [0, 0.05) is 12.8 Å². The van der Waals surface area contributed by atoms with Gasteiger partial charge in [-0.2, -0.15) is 20.9 Å². The lowest BCUT2D eigenvalue weighted by molar-refractivity contribution is -0.149. The maximum atomic E-state index is 11.9. The zero-order valence-electron chi connectivity index (χ0n) is 19.9. The number of aromatic amines is 4. The number of hydrogen-bond acceptors (Lipinski definition) is 15. The Labute approximate surface area is 215 Å². The van der Waals surface area contributed by atoms with Crippen LogP contribution in [0.15, 0.2) is 22.2 Å². The molecule has 0 unspecified atom stereocenters. The summed E-state index contributed by atoms with van der Waals surface area (Å²) in [6.45, 7) is -0.248. The first kappa shape index (κ1) is 26.4. The fourth-order valence-corrected chi connectivity index (χ4v) is 3.02. The number of H-pyrrole nitrogens is 4. The average Bonchev–Trinajstić information content (AvgIpc) is 3.58. The zero-order valence-corrected chi connectivity index (χ0v) is 19.9. The molecule has 0 saturated carbocycles. The van der Waals surface area contributed by atoms with Crippen LogP contribution in [-0.2, 0) is 33.6 Å². The van der Waals surface area contributed by atoms with Gasteiger partial charge in [0.1, 0.15) is 5.78 Å². The molecule has 0 spiro atoms. The highest BCUT2D eigenvalue weighted by Crippen LogP contribution is 2.06. The molecule has 4 aromatic rings. The maximum absolute atomic E-state index is 11.9. The Morgan fingerprint density at radius 2 is 1.18 bits per heavy atom. The number of ketones is 1. The van der Waals surface area contributed by atoms with Crippen molar-refractivity contribution in [2.24, 2.45) is 0 Å². The summed E-state index contributed by atoms with van der Waals surface area (Å²) in [6, 6.07) is 0. The average molecular weight is 544 g/mol. The Morgan fingerprint density at radius 3 is 1.72 bits per heavy atom. The number of ether oxygens (including phenoxy) is 1. The molecule has 4 rings (SSSR count). The Bertz CT molecular complexity index is 1520. The number of imidazole rings is 2. The molecular formula is C20H20N10O9. The first-order chi connectivity index (χ1) is 18.8. The number of esters is 1. The molecule has 4 heterocycles. The monoisotopic (exact) mass is 544 g/mol. The normalized spacial score (nSPS) is 10.8. The quantitative estimate of drug-likeness (QED) is 0.0676. The van der Waals surface area contributed by atoms with Crippen LogP contribution >= 0.6 is 0 Å². The molecule has 0 fully saturated rings. The van der Waals surface area contributed by atoms with Gasteiger partial charge in [0.05, 0.1) is 38.5 Å². The summed E-state index contributed by atoms with van der Waals surface area (Å²) >= 11 is 0. The third-order valence-corrected chi connectivity index (χ3v) is 4.90. The first-order valence-corrected chi connectivity index (χ1v) is 11.2. The zero-order chi connectivity index (χ0) is 27.8. The minimum absolute atomic E-state index is 0.113. The molecule has 19 nitrogen and oxygen atoms in total. The molecule has 0 radical (unpaired) electrons. The summed E-state index contributed by atoms with van der Waals surface area (Å²) in [5.74, 6) is -3.04. The third-order valence-electron chi connectivity index (χ3n) is 4.90. The van der Waals surface area contributed by atoms with E-state index in [9.17, 15) is 28.8 Å². The van der Waals surface area contributed by atoms with Crippen molar-refractivity contribution in [3.63, 3.8) is 0 Å². The van der Waals surface area contributed by atoms with E-state index in [1.807, 2.05) is 0 Å². The molecular weight excluding hydrogens is 524 g/mol. The van der Waals surface area contributed by atoms with Gasteiger partial charge in [-0.25, -0.2) is 19.6 Å². The summed E-state index contributed by atoms with van der Waals surface area (Å²) in [7, 11) is 0. The minimum Gasteiger partial charge on any atom is -0.465 e. The summed E-state index contributed by atoms with van der Waals surface area (Å²) in [5, 5.41) is 0. The van der Waals surface area contributed by atoms with E-state index in [1.165, 1.54) is 12.7 Å². The smallest absolute Gasteiger partial charge is 0.332 e. The number of carbonyl (C=O) groups is 4. The number of rotatable bonds is 13. The third kappa shape index (κ3) is 7.21. The van der Waals surface area contributed by atoms with Crippen molar-refractivity contribution in [1.82, 2.24) is 39.9 Å². The lowest BCUT2D eigenvalue weighted by Gasteiger charge is -2.07. The van der Waals surface area contributed by atoms with Crippen molar-refractivity contribution < 1.29 is 33.6 Å². The molecule has 39 heavy (non-hydrogen) atoms. The topological polar surface area (TPSA) is 269 Å². The van der Waals surface area contributed by atoms with Crippen LogP contribution in [0.2, 0.25) is 0 Å². The van der Waals surface area contributed by atoms with Gasteiger partial charge >= 0.3 is 17.9 Å². The molecule has 0 amide bonds. The molecule has 0 saturated heterocycles. The van der Waals surface area contributed by atoms with Crippen molar-refractivity contribution in [2.75, 3.05) is 17.6 Å². The van der Waals surface area contributed by atoms with Crippen LogP contribution in [0.3, 0.4) is 0 Å². The Morgan fingerprint density at radius 1 is 0.692 bits per heavy atom. The van der Waals surface area contributed by atoms with Gasteiger partial charge in [-0.3, -0.25) is 29.1 Å². The van der Waals surface area contributed by atoms with Gasteiger partial charge in [0.2, 0.25) is 11.9 Å². The highest BCUT2D eigenvalue weighted by atomic mass is 16.7. The van der Waals surface area contributed by atoms with Gasteiger partial charge < -0.3 is 24.4 Å². The fourth-order valence-electron chi connectivity index (χ4n) is 3.02. The summed E-state index contributed by atoms with van der Waals surface area (Å²) < 4.78 is 4.89. The molecule has 0 aromatic carbocycles. The van der Waals surface area contributed by atoms with Gasteiger partial charge in [0.25, 0.3) is 11.1 Å². The lowest BCUT2D eigenvalue weighted by Crippen LogP contribution is -2.18. The van der Waals surface area contributed by atoms with Crippen LogP contribution in [-0.4, -0.2) is 70.2 Å². The predicted octanol–water partition coefficient (Wildman–Crippen LogP) is -0.891. The number of aromatic nitrogens is 8. The van der Waals surface area contributed by atoms with Crippen molar-refractivity contribution in [2.45, 2.75) is 32.1 Å². The fraction of sp³-hybridized carbons (Fsp3) is 0.300. The number of Topliss-reactive ketones (excluding diaryl/α,β-unsaturated/α-hetero) is 1. The number of nitrogens with one attached hydrogen (secondary N) is 6. The molecule has 6 N–H and O–H groups in total. The van der Waals surface area contributed by atoms with Crippen molar-refractivity contribution in [1.29, 1.82) is 0 Å². The second kappa shape index (κ2) is 12.1. The van der Waals surface area contributed by atoms with E-state index in [-0.39, 0.29) is 78.7 Å². The largest absolute Gasteiger partial charge is 0.465 e. The van der Waals surface area contributed by atoms with E-state index in [2.05, 4.69) is 50.8 Å². The highest BCUT2D eigenvalue weighted by molar-refractivity contribution is 5.83. The maximum Gasteiger partial charge on any atom is 0.332 e. The van der Waals surface area contributed by atoms with Crippen LogP contribution in [0.5, 0.6) is 0 Å². The Kier molecular flexibility index (Phi) is 8.19. The van der Waals surface area contributed by atoms with Crippen molar-refractivity contribution in [3.05, 3.63) is 33.4 Å². The van der Waals surface area contributed by atoms with Crippen LogP contribution in [0.25, 0.3) is 22.3 Å². The number of carbonyl (C=O) groups excluding carboxylic acids is 4. The summed E-state index contributed by atoms with van der Waals surface area (Å²) in [6.07, 6.45) is 1.28. The molecule has 19 heteroatoms. The summed E-state index contributed by atoms with van der Waals surface area (Å²) in [4.78, 5) is 106. The second-order valence-electron chi connectivity index (χ2n) is 7.69. The van der Waals surface area contributed by atoms with E-state index in [0.29, 0.717) is 0 Å². The molecule has 0 bridgehead atoms. The predicted molar refractivity (Wildman–Crippen MR) is 127 cm³/mol. The SMILES string of the molecule is O=C(CCOC(=O)CCC(=O)ONc1nc2nc[nH]c2c(=O)[nH]1)CCC(=O)ONc1nc2nc[nH]c2c(=O)[nH]1. The van der Waals surface area contributed by atoms with E-state index in [1.54, 1.807) is 0 Å². The number of fused-ring (bicyclic) bond motifs is 2. The first-order valence-electron chi connectivity index (χ1n) is 11.2. The molecule has 0 atom stereocenters. The van der Waals surface area contributed by atoms with Crippen LogP contribution in [0, 0.1) is 0 Å². The van der Waals surface area contributed by atoms with Gasteiger partial charge in [0.15, 0.2) is 22.3 Å². The van der Waals surface area contributed by atoms with Crippen LogP contribution in [0.4, 0.5) is 11.9 Å². The number of hydrogen-bond donors (Lipinski definition) is 6. The minimum atomic E-state index is -0.830. The summed E-state index contributed by atoms with van der Waals surface area (Å²) in [5.41, 5.74) is 3.85. The van der Waals surface area contributed by atoms with Crippen LogP contribution < -0.4 is 22.1 Å². The van der Waals surface area contributed by atoms with E-state index < -0.39 is 29.0 Å². The lowest BCUT2D eigenvalue weighted by atomic mass is 10.2. The van der Waals surface area contributed by atoms with Crippen molar-refractivity contribution in [3.8, 4) is 0 Å². The Hall–Kier alpha value is -5.62. The molecule has 0 aliphatic rings. The number of nitrogens with zero attached hydrogens (tertiary/aromatic N) is 4. The molecule has 0 aliphatic heterocycles. The Balaban J connectivity index is 1.06. The van der Waals surface area contributed by atoms with Gasteiger partial charge in [-0.15, -0.1) is 0 Å². The second-order valence-corrected chi connectivity index (χ2v) is 7.69. The van der Waals surface area contributed by atoms with E-state index in [4.69, 9.17) is 14.4 Å².